The molecule has 1 aliphatic rings. The third-order valence-electron chi connectivity index (χ3n) is 1.95. The zero-order chi connectivity index (χ0) is 11.4. The van der Waals surface area contributed by atoms with Crippen molar-refractivity contribution >= 4 is 17.7 Å². The quantitative estimate of drug-likeness (QED) is 0.870. The van der Waals surface area contributed by atoms with Crippen LogP contribution < -0.4 is 0 Å². The molecule has 0 unspecified atom stereocenters. The highest BCUT2D eigenvalue weighted by atomic mass is 32.2. The molecule has 0 atom stereocenters. The minimum absolute atomic E-state index is 0.104. The summed E-state index contributed by atoms with van der Waals surface area (Å²) < 4.78 is 0. The van der Waals surface area contributed by atoms with Crippen LogP contribution in [0, 0.1) is 0 Å². The Hall–Kier alpha value is -1.76. The van der Waals surface area contributed by atoms with Crippen LogP contribution in [-0.2, 0) is 9.79 Å². The maximum absolute atomic E-state index is 10.6. The van der Waals surface area contributed by atoms with Crippen molar-refractivity contribution in [3.8, 4) is 0 Å². The summed E-state index contributed by atoms with van der Waals surface area (Å²) in [5, 5.41) is 23.4. The number of benzene rings is 1. The fraction of sp³-hybridized carbons (Fsp3) is 0.222. The first-order valence-electron chi connectivity index (χ1n) is 4.48. The molecule has 0 saturated heterocycles. The van der Waals surface area contributed by atoms with E-state index in [1.807, 2.05) is 30.3 Å². The van der Waals surface area contributed by atoms with Crippen LogP contribution in [0.5, 0.6) is 0 Å². The van der Waals surface area contributed by atoms with Gasteiger partial charge in [0.25, 0.3) is 4.99 Å². The van der Waals surface area contributed by atoms with Gasteiger partial charge in [-0.1, -0.05) is 42.1 Å². The molecule has 1 aliphatic heterocycles. The summed E-state index contributed by atoms with van der Waals surface area (Å²) >= 11 is 1.07. The molecule has 16 heavy (non-hydrogen) atoms. The van der Waals surface area contributed by atoms with Gasteiger partial charge in [0.15, 0.2) is 0 Å². The highest BCUT2D eigenvalue weighted by Gasteiger charge is 2.36. The zero-order valence-electron chi connectivity index (χ0n) is 8.15. The van der Waals surface area contributed by atoms with E-state index in [-0.39, 0.29) is 5.75 Å². The number of rotatable bonds is 4. The molecule has 82 valence electrons. The number of carbonyl (C=O) groups is 1. The van der Waals surface area contributed by atoms with E-state index in [1.54, 1.807) is 0 Å². The predicted octanol–water partition coefficient (Wildman–Crippen LogP) is 2.45. The smallest absolute Gasteiger partial charge is 0.313 e. The molecule has 0 spiro atoms. The lowest BCUT2D eigenvalue weighted by molar-refractivity contribution is -0.133. The van der Waals surface area contributed by atoms with Gasteiger partial charge in [-0.05, 0) is 10.4 Å². The van der Waals surface area contributed by atoms with Crippen LogP contribution in [0.3, 0.4) is 0 Å². The van der Waals surface area contributed by atoms with E-state index < -0.39 is 11.0 Å². The van der Waals surface area contributed by atoms with Crippen LogP contribution in [-0.4, -0.2) is 16.8 Å². The van der Waals surface area contributed by atoms with Crippen molar-refractivity contribution in [3.63, 3.8) is 0 Å². The van der Waals surface area contributed by atoms with Crippen LogP contribution in [0.15, 0.2) is 51.0 Å². The second-order valence-electron chi connectivity index (χ2n) is 3.04. The molecular weight excluding hydrogens is 228 g/mol. The first kappa shape index (κ1) is 10.7. The topological polar surface area (TPSA) is 86.7 Å². The molecule has 0 fully saturated rings. The van der Waals surface area contributed by atoms with Gasteiger partial charge in [-0.25, -0.2) is 0 Å². The van der Waals surface area contributed by atoms with E-state index in [9.17, 15) is 4.79 Å². The van der Waals surface area contributed by atoms with E-state index in [1.165, 1.54) is 0 Å². The van der Waals surface area contributed by atoms with Gasteiger partial charge >= 0.3 is 5.97 Å². The summed E-state index contributed by atoms with van der Waals surface area (Å²) in [6, 6.07) is 9.17. The first-order valence-corrected chi connectivity index (χ1v) is 5.47. The van der Waals surface area contributed by atoms with Crippen molar-refractivity contribution in [2.45, 2.75) is 4.99 Å². The van der Waals surface area contributed by atoms with Gasteiger partial charge in [-0.2, -0.15) is 0 Å². The Bertz CT molecular complexity index is 434. The molecule has 0 aromatic heterocycles. The normalized spacial score (nSPS) is 16.5. The molecule has 1 aromatic rings. The number of thioether (sulfide) groups is 1. The van der Waals surface area contributed by atoms with Crippen molar-refractivity contribution in [1.29, 1.82) is 0 Å². The largest absolute Gasteiger partial charge is 0.481 e. The fourth-order valence-electron chi connectivity index (χ4n) is 1.26. The van der Waals surface area contributed by atoms with E-state index in [2.05, 4.69) is 20.7 Å². The SMILES string of the molecule is O=C(O)CSC1(c2ccccc2)N=NN=N1. The van der Waals surface area contributed by atoms with Crippen molar-refractivity contribution in [1.82, 2.24) is 0 Å². The molecule has 0 saturated carbocycles. The van der Waals surface area contributed by atoms with Gasteiger partial charge in [0.1, 0.15) is 0 Å². The molecule has 0 amide bonds. The lowest BCUT2D eigenvalue weighted by Gasteiger charge is -2.17. The Morgan fingerprint density at radius 1 is 1.25 bits per heavy atom. The Labute approximate surface area is 95.5 Å². The molecule has 1 N–H and O–H groups in total. The van der Waals surface area contributed by atoms with Crippen molar-refractivity contribution in [2.24, 2.45) is 20.7 Å². The minimum Gasteiger partial charge on any atom is -0.481 e. The average Bonchev–Trinajstić information content (AvgIpc) is 2.78. The van der Waals surface area contributed by atoms with Gasteiger partial charge in [-0.3, -0.25) is 4.79 Å². The van der Waals surface area contributed by atoms with Crippen LogP contribution in [0.25, 0.3) is 0 Å². The molecule has 1 aromatic carbocycles. The summed E-state index contributed by atoms with van der Waals surface area (Å²) in [5.74, 6) is -1.02. The van der Waals surface area contributed by atoms with Gasteiger partial charge in [0.05, 0.1) is 5.75 Å². The predicted molar refractivity (Wildman–Crippen MR) is 57.9 cm³/mol. The van der Waals surface area contributed by atoms with E-state index in [4.69, 9.17) is 5.11 Å². The summed E-state index contributed by atoms with van der Waals surface area (Å²) in [6.45, 7) is 0. The third-order valence-corrected chi connectivity index (χ3v) is 3.14. The molecule has 6 nitrogen and oxygen atoms in total. The van der Waals surface area contributed by atoms with Crippen molar-refractivity contribution < 1.29 is 9.90 Å². The molecule has 0 bridgehead atoms. The Morgan fingerprint density at radius 2 is 1.88 bits per heavy atom. The van der Waals surface area contributed by atoms with Crippen LogP contribution in [0.4, 0.5) is 0 Å². The van der Waals surface area contributed by atoms with Gasteiger partial charge < -0.3 is 5.11 Å². The van der Waals surface area contributed by atoms with Crippen LogP contribution in [0.1, 0.15) is 5.56 Å². The number of nitrogens with zero attached hydrogens (tertiary/aromatic N) is 4. The highest BCUT2D eigenvalue weighted by molar-refractivity contribution is 8.00. The Balaban J connectivity index is 2.27. The molecule has 0 radical (unpaired) electrons. The lowest BCUT2D eigenvalue weighted by Crippen LogP contribution is -2.16. The summed E-state index contributed by atoms with van der Waals surface area (Å²) in [5.41, 5.74) is 0.770. The summed E-state index contributed by atoms with van der Waals surface area (Å²) in [7, 11) is 0. The average molecular weight is 236 g/mol. The van der Waals surface area contributed by atoms with Gasteiger partial charge in [0, 0.05) is 5.56 Å². The van der Waals surface area contributed by atoms with E-state index in [0.717, 1.165) is 17.3 Å². The minimum atomic E-state index is -1.03. The highest BCUT2D eigenvalue weighted by Crippen LogP contribution is 2.42. The summed E-state index contributed by atoms with van der Waals surface area (Å²) in [4.78, 5) is 9.54. The molecule has 2 rings (SSSR count). The monoisotopic (exact) mass is 236 g/mol. The second kappa shape index (κ2) is 4.40. The lowest BCUT2D eigenvalue weighted by atomic mass is 10.2. The van der Waals surface area contributed by atoms with Crippen LogP contribution >= 0.6 is 11.8 Å². The van der Waals surface area contributed by atoms with Gasteiger partial charge in [0.2, 0.25) is 0 Å². The number of hydrogen-bond acceptors (Lipinski definition) is 6. The Morgan fingerprint density at radius 3 is 2.44 bits per heavy atom. The van der Waals surface area contributed by atoms with Crippen molar-refractivity contribution in [3.05, 3.63) is 35.9 Å². The number of carboxylic acid groups (broad SMARTS) is 1. The van der Waals surface area contributed by atoms with E-state index >= 15 is 0 Å². The molecule has 7 heteroatoms. The molecule has 1 heterocycles. The Kier molecular flexibility index (Phi) is 2.95. The maximum Gasteiger partial charge on any atom is 0.313 e. The second-order valence-corrected chi connectivity index (χ2v) is 4.18. The number of carboxylic acids is 1. The standard InChI is InChI=1S/C9H8N4O2S/c14-8(15)6-16-9(10-12-13-11-9)7-4-2-1-3-5-7/h1-5H,6H2,(H,14,15). The zero-order valence-corrected chi connectivity index (χ0v) is 8.96. The number of hydrogen-bond donors (Lipinski definition) is 1. The third kappa shape index (κ3) is 2.08. The van der Waals surface area contributed by atoms with Crippen LogP contribution in [0.2, 0.25) is 0 Å². The van der Waals surface area contributed by atoms with Gasteiger partial charge in [-0.15, -0.1) is 10.2 Å². The van der Waals surface area contributed by atoms with Crippen molar-refractivity contribution in [2.75, 3.05) is 5.75 Å². The molecular formula is C9H8N4O2S. The first-order chi connectivity index (χ1) is 7.73. The fourth-order valence-corrected chi connectivity index (χ4v) is 2.07. The molecule has 0 aliphatic carbocycles. The number of aliphatic carboxylic acids is 1. The van der Waals surface area contributed by atoms with E-state index in [0.29, 0.717) is 0 Å². The maximum atomic E-state index is 10.6. The summed E-state index contributed by atoms with van der Waals surface area (Å²) in [6.07, 6.45) is 0.